The standard InChI is InChI=1S/C21H26FN3O3/c1-25-9-2-3-16(25)8-10-28-17-5-7-18-15(11-17)4-6-19(24-18)20(26)23-12-21(22)13-27-14-21/h4-7,11,16H,2-3,8-10,12-14H2,1H3,(H,23,26). The summed E-state index contributed by atoms with van der Waals surface area (Å²) in [6.45, 7) is 1.84. The Bertz CT molecular complexity index is 856. The molecule has 0 radical (unpaired) electrons. The molecule has 2 fully saturated rings. The van der Waals surface area contributed by atoms with Gasteiger partial charge in [0, 0.05) is 11.4 Å². The Morgan fingerprint density at radius 2 is 2.25 bits per heavy atom. The van der Waals surface area contributed by atoms with Gasteiger partial charge in [-0.3, -0.25) is 4.79 Å². The number of alkyl halides is 1. The third-order valence-corrected chi connectivity index (χ3v) is 5.57. The van der Waals surface area contributed by atoms with Crippen LogP contribution in [-0.4, -0.2) is 67.5 Å². The maximum atomic E-state index is 13.9. The number of halogens is 1. The zero-order valence-corrected chi connectivity index (χ0v) is 16.1. The Balaban J connectivity index is 1.34. The maximum Gasteiger partial charge on any atom is 0.270 e. The van der Waals surface area contributed by atoms with Crippen LogP contribution in [0, 0.1) is 0 Å². The van der Waals surface area contributed by atoms with Crippen LogP contribution in [0.3, 0.4) is 0 Å². The van der Waals surface area contributed by atoms with Crippen molar-refractivity contribution < 1.29 is 18.7 Å². The molecule has 0 spiro atoms. The van der Waals surface area contributed by atoms with Gasteiger partial charge < -0.3 is 19.7 Å². The maximum absolute atomic E-state index is 13.9. The average Bonchev–Trinajstić information content (AvgIpc) is 3.09. The van der Waals surface area contributed by atoms with E-state index < -0.39 is 5.67 Å². The minimum Gasteiger partial charge on any atom is -0.494 e. The largest absolute Gasteiger partial charge is 0.494 e. The predicted molar refractivity (Wildman–Crippen MR) is 104 cm³/mol. The monoisotopic (exact) mass is 387 g/mol. The van der Waals surface area contributed by atoms with Crippen LogP contribution in [0.5, 0.6) is 5.75 Å². The highest BCUT2D eigenvalue weighted by Crippen LogP contribution is 2.23. The number of benzene rings is 1. The smallest absolute Gasteiger partial charge is 0.270 e. The van der Waals surface area contributed by atoms with E-state index in [1.54, 1.807) is 6.07 Å². The first-order chi connectivity index (χ1) is 13.5. The second kappa shape index (κ2) is 8.01. The minimum absolute atomic E-state index is 0.0260. The first-order valence-corrected chi connectivity index (χ1v) is 9.81. The van der Waals surface area contributed by atoms with Crippen molar-refractivity contribution in [2.45, 2.75) is 31.0 Å². The number of carbonyl (C=O) groups is 1. The lowest BCUT2D eigenvalue weighted by atomic mass is 10.1. The fourth-order valence-corrected chi connectivity index (χ4v) is 3.73. The summed E-state index contributed by atoms with van der Waals surface area (Å²) in [5.41, 5.74) is -0.474. The van der Waals surface area contributed by atoms with Crippen molar-refractivity contribution in [1.82, 2.24) is 15.2 Å². The summed E-state index contributed by atoms with van der Waals surface area (Å²) in [5.74, 6) is 0.420. The molecule has 4 rings (SSSR count). The molecule has 2 aromatic rings. The van der Waals surface area contributed by atoms with Gasteiger partial charge in [-0.1, -0.05) is 6.07 Å². The van der Waals surface area contributed by atoms with Gasteiger partial charge in [-0.25, -0.2) is 9.37 Å². The molecule has 2 aliphatic heterocycles. The molecule has 1 N–H and O–H groups in total. The van der Waals surface area contributed by atoms with E-state index in [0.717, 1.165) is 17.6 Å². The van der Waals surface area contributed by atoms with Crippen LogP contribution in [0.15, 0.2) is 30.3 Å². The number of ether oxygens (including phenoxy) is 2. The van der Waals surface area contributed by atoms with Crippen molar-refractivity contribution in [3.05, 3.63) is 36.0 Å². The van der Waals surface area contributed by atoms with E-state index >= 15 is 0 Å². The third kappa shape index (κ3) is 4.25. The summed E-state index contributed by atoms with van der Waals surface area (Å²) in [7, 11) is 2.17. The second-order valence-corrected chi connectivity index (χ2v) is 7.79. The number of amides is 1. The van der Waals surface area contributed by atoms with Crippen LogP contribution in [0.4, 0.5) is 4.39 Å². The van der Waals surface area contributed by atoms with Crippen molar-refractivity contribution in [3.63, 3.8) is 0 Å². The molecule has 2 saturated heterocycles. The molecule has 1 unspecified atom stereocenters. The third-order valence-electron chi connectivity index (χ3n) is 5.57. The van der Waals surface area contributed by atoms with Gasteiger partial charge in [0.2, 0.25) is 0 Å². The summed E-state index contributed by atoms with van der Waals surface area (Å²) in [6, 6.07) is 9.75. The fourth-order valence-electron chi connectivity index (χ4n) is 3.73. The van der Waals surface area contributed by atoms with E-state index in [1.165, 1.54) is 19.4 Å². The number of carbonyl (C=O) groups excluding carboxylic acids is 1. The highest BCUT2D eigenvalue weighted by Gasteiger charge is 2.39. The highest BCUT2D eigenvalue weighted by atomic mass is 19.1. The molecule has 28 heavy (non-hydrogen) atoms. The summed E-state index contributed by atoms with van der Waals surface area (Å²) in [4.78, 5) is 19.0. The van der Waals surface area contributed by atoms with Crippen LogP contribution in [0.25, 0.3) is 10.9 Å². The number of pyridine rings is 1. The molecular weight excluding hydrogens is 361 g/mol. The number of hydrogen-bond acceptors (Lipinski definition) is 5. The number of nitrogens with zero attached hydrogens (tertiary/aromatic N) is 2. The van der Waals surface area contributed by atoms with Gasteiger partial charge in [0.1, 0.15) is 11.4 Å². The Hall–Kier alpha value is -2.25. The van der Waals surface area contributed by atoms with Crippen molar-refractivity contribution in [1.29, 1.82) is 0 Å². The quantitative estimate of drug-likeness (QED) is 0.791. The number of nitrogens with one attached hydrogen (secondary N) is 1. The lowest BCUT2D eigenvalue weighted by Gasteiger charge is -2.33. The van der Waals surface area contributed by atoms with E-state index in [1.807, 2.05) is 24.3 Å². The first-order valence-electron chi connectivity index (χ1n) is 9.81. The Morgan fingerprint density at radius 3 is 2.96 bits per heavy atom. The number of fused-ring (bicyclic) bond motifs is 1. The molecule has 150 valence electrons. The Kier molecular flexibility index (Phi) is 5.46. The summed E-state index contributed by atoms with van der Waals surface area (Å²) in [5, 5.41) is 3.49. The number of hydrogen-bond donors (Lipinski definition) is 1. The predicted octanol–water partition coefficient (Wildman–Crippen LogP) is 2.57. The Morgan fingerprint density at radius 1 is 1.39 bits per heavy atom. The van der Waals surface area contributed by atoms with Crippen molar-refractivity contribution >= 4 is 16.8 Å². The number of likely N-dealkylation sites (tertiary alicyclic amines) is 1. The number of rotatable bonds is 7. The minimum atomic E-state index is -1.45. The molecule has 1 atom stereocenters. The topological polar surface area (TPSA) is 63.7 Å². The van der Waals surface area contributed by atoms with E-state index in [2.05, 4.69) is 22.2 Å². The van der Waals surface area contributed by atoms with Gasteiger partial charge in [-0.2, -0.15) is 0 Å². The molecule has 1 amide bonds. The lowest BCUT2D eigenvalue weighted by Crippen LogP contribution is -2.53. The normalized spacial score (nSPS) is 21.4. The van der Waals surface area contributed by atoms with E-state index in [4.69, 9.17) is 9.47 Å². The van der Waals surface area contributed by atoms with Crippen molar-refractivity contribution in [2.75, 3.05) is 40.0 Å². The van der Waals surface area contributed by atoms with Gasteiger partial charge in [0.25, 0.3) is 5.91 Å². The molecule has 6 nitrogen and oxygen atoms in total. The van der Waals surface area contributed by atoms with Crippen molar-refractivity contribution in [2.24, 2.45) is 0 Å². The van der Waals surface area contributed by atoms with E-state index in [-0.39, 0.29) is 31.4 Å². The van der Waals surface area contributed by atoms with Gasteiger partial charge in [-0.05, 0) is 57.1 Å². The zero-order chi connectivity index (χ0) is 19.6. The summed E-state index contributed by atoms with van der Waals surface area (Å²) >= 11 is 0. The molecule has 1 aromatic carbocycles. The molecule has 0 saturated carbocycles. The van der Waals surface area contributed by atoms with Gasteiger partial charge >= 0.3 is 0 Å². The van der Waals surface area contributed by atoms with Crippen molar-refractivity contribution in [3.8, 4) is 5.75 Å². The molecule has 2 aliphatic rings. The van der Waals surface area contributed by atoms with Crippen LogP contribution in [0.1, 0.15) is 29.8 Å². The second-order valence-electron chi connectivity index (χ2n) is 7.79. The number of aromatic nitrogens is 1. The van der Waals surface area contributed by atoms with Crippen LogP contribution in [0.2, 0.25) is 0 Å². The summed E-state index contributed by atoms with van der Waals surface area (Å²) < 4.78 is 24.7. The lowest BCUT2D eigenvalue weighted by molar-refractivity contribution is -0.126. The van der Waals surface area contributed by atoms with E-state index in [9.17, 15) is 9.18 Å². The fraction of sp³-hybridized carbons (Fsp3) is 0.524. The Labute approximate surface area is 164 Å². The molecular formula is C21H26FN3O3. The molecule has 0 aliphatic carbocycles. The SMILES string of the molecule is CN1CCCC1CCOc1ccc2nc(C(=O)NCC3(F)COC3)ccc2c1. The van der Waals surface area contributed by atoms with Gasteiger partial charge in [-0.15, -0.1) is 0 Å². The summed E-state index contributed by atoms with van der Waals surface area (Å²) in [6.07, 6.45) is 3.52. The van der Waals surface area contributed by atoms with Gasteiger partial charge in [0.05, 0.1) is 31.9 Å². The molecule has 7 heteroatoms. The van der Waals surface area contributed by atoms with Crippen LogP contribution < -0.4 is 10.1 Å². The first kappa shape index (κ1) is 19.1. The molecule has 1 aromatic heterocycles. The van der Waals surface area contributed by atoms with E-state index in [0.29, 0.717) is 18.2 Å². The molecule has 3 heterocycles. The zero-order valence-electron chi connectivity index (χ0n) is 16.1. The van der Waals surface area contributed by atoms with Gasteiger partial charge in [0.15, 0.2) is 5.67 Å². The van der Waals surface area contributed by atoms with Crippen LogP contribution >= 0.6 is 0 Å². The van der Waals surface area contributed by atoms with Crippen LogP contribution in [-0.2, 0) is 4.74 Å². The molecule has 0 bridgehead atoms. The highest BCUT2D eigenvalue weighted by molar-refractivity contribution is 5.95. The average molecular weight is 387 g/mol.